The molecule has 0 spiro atoms. The Kier molecular flexibility index (Phi) is 4.45. The smallest absolute Gasteiger partial charge is 0.380 e. The van der Waals surface area contributed by atoms with Crippen molar-refractivity contribution >= 4 is 28.9 Å². The SMILES string of the molecule is FC(F)(F)c1ccc(NCc2ccc(Cl)cc2)c(Cl)c1. The fourth-order valence-electron chi connectivity index (χ4n) is 1.63. The van der Waals surface area contributed by atoms with E-state index in [4.69, 9.17) is 23.2 Å². The first-order valence-electron chi connectivity index (χ1n) is 5.71. The molecule has 1 N–H and O–H groups in total. The van der Waals surface area contributed by atoms with Crippen LogP contribution in [-0.2, 0) is 12.7 Å². The zero-order valence-corrected chi connectivity index (χ0v) is 11.7. The predicted molar refractivity (Wildman–Crippen MR) is 75.2 cm³/mol. The van der Waals surface area contributed by atoms with Gasteiger partial charge in [0.2, 0.25) is 0 Å². The van der Waals surface area contributed by atoms with E-state index in [0.717, 1.165) is 17.7 Å². The predicted octanol–water partition coefficient (Wildman–Crippen LogP) is 5.62. The van der Waals surface area contributed by atoms with Crippen molar-refractivity contribution in [2.75, 3.05) is 5.32 Å². The Labute approximate surface area is 124 Å². The van der Waals surface area contributed by atoms with E-state index in [0.29, 0.717) is 17.3 Å². The number of rotatable bonds is 3. The van der Waals surface area contributed by atoms with E-state index < -0.39 is 11.7 Å². The van der Waals surface area contributed by atoms with E-state index >= 15 is 0 Å². The van der Waals surface area contributed by atoms with Gasteiger partial charge in [-0.05, 0) is 35.9 Å². The lowest BCUT2D eigenvalue weighted by Gasteiger charge is -2.12. The first-order chi connectivity index (χ1) is 9.36. The molecule has 0 bridgehead atoms. The Hall–Kier alpha value is -1.39. The molecule has 0 aromatic heterocycles. The molecule has 2 aromatic rings. The lowest BCUT2D eigenvalue weighted by Crippen LogP contribution is -2.06. The van der Waals surface area contributed by atoms with E-state index in [9.17, 15) is 13.2 Å². The van der Waals surface area contributed by atoms with Crippen LogP contribution in [0, 0.1) is 0 Å². The third kappa shape index (κ3) is 3.81. The number of hydrogen-bond donors (Lipinski definition) is 1. The summed E-state index contributed by atoms with van der Waals surface area (Å²) < 4.78 is 37.5. The summed E-state index contributed by atoms with van der Waals surface area (Å²) in [7, 11) is 0. The van der Waals surface area contributed by atoms with E-state index in [2.05, 4.69) is 5.32 Å². The Bertz CT molecular complexity index is 594. The van der Waals surface area contributed by atoms with Gasteiger partial charge in [0.15, 0.2) is 0 Å². The first-order valence-corrected chi connectivity index (χ1v) is 6.47. The zero-order valence-electron chi connectivity index (χ0n) is 10.1. The lowest BCUT2D eigenvalue weighted by molar-refractivity contribution is -0.137. The monoisotopic (exact) mass is 319 g/mol. The molecule has 0 radical (unpaired) electrons. The quantitative estimate of drug-likeness (QED) is 0.773. The highest BCUT2D eigenvalue weighted by molar-refractivity contribution is 6.33. The van der Waals surface area contributed by atoms with E-state index in [1.165, 1.54) is 6.07 Å². The second kappa shape index (κ2) is 5.94. The number of hydrogen-bond acceptors (Lipinski definition) is 1. The van der Waals surface area contributed by atoms with Gasteiger partial charge in [0.1, 0.15) is 0 Å². The molecule has 0 unspecified atom stereocenters. The average Bonchev–Trinajstić information content (AvgIpc) is 2.38. The van der Waals surface area contributed by atoms with Gasteiger partial charge in [0.25, 0.3) is 0 Å². The van der Waals surface area contributed by atoms with Gasteiger partial charge < -0.3 is 5.32 Å². The minimum absolute atomic E-state index is 0.0359. The highest BCUT2D eigenvalue weighted by atomic mass is 35.5. The Morgan fingerprint density at radius 3 is 2.15 bits per heavy atom. The van der Waals surface area contributed by atoms with Crippen LogP contribution in [0.4, 0.5) is 18.9 Å². The molecule has 0 saturated heterocycles. The second-order valence-corrected chi connectivity index (χ2v) is 5.02. The third-order valence-corrected chi connectivity index (χ3v) is 3.26. The van der Waals surface area contributed by atoms with Gasteiger partial charge >= 0.3 is 6.18 Å². The molecule has 0 aliphatic rings. The molecule has 20 heavy (non-hydrogen) atoms. The summed E-state index contributed by atoms with van der Waals surface area (Å²) in [5.74, 6) is 0. The van der Waals surface area contributed by atoms with Crippen molar-refractivity contribution in [1.82, 2.24) is 0 Å². The highest BCUT2D eigenvalue weighted by Gasteiger charge is 2.30. The minimum atomic E-state index is -4.39. The molecule has 0 atom stereocenters. The van der Waals surface area contributed by atoms with Crippen molar-refractivity contribution < 1.29 is 13.2 Å². The molecule has 1 nitrogen and oxygen atoms in total. The Morgan fingerprint density at radius 2 is 1.60 bits per heavy atom. The van der Waals surface area contributed by atoms with Crippen molar-refractivity contribution in [2.24, 2.45) is 0 Å². The molecule has 0 aliphatic heterocycles. The van der Waals surface area contributed by atoms with E-state index in [1.54, 1.807) is 12.1 Å². The van der Waals surface area contributed by atoms with E-state index in [1.807, 2.05) is 12.1 Å². The van der Waals surface area contributed by atoms with Crippen LogP contribution in [0.5, 0.6) is 0 Å². The number of halogens is 5. The average molecular weight is 320 g/mol. The maximum absolute atomic E-state index is 12.5. The summed E-state index contributed by atoms with van der Waals surface area (Å²) in [4.78, 5) is 0. The molecule has 2 aromatic carbocycles. The molecule has 0 amide bonds. The molecular formula is C14H10Cl2F3N. The van der Waals surface area contributed by atoms with E-state index in [-0.39, 0.29) is 5.02 Å². The summed E-state index contributed by atoms with van der Waals surface area (Å²) >= 11 is 11.6. The van der Waals surface area contributed by atoms with Gasteiger partial charge in [-0.25, -0.2) is 0 Å². The topological polar surface area (TPSA) is 12.0 Å². The summed E-state index contributed by atoms with van der Waals surface area (Å²) in [5.41, 5.74) is 0.638. The molecule has 0 fully saturated rings. The first kappa shape index (κ1) is 15.0. The summed E-state index contributed by atoms with van der Waals surface area (Å²) in [6.45, 7) is 0.447. The molecule has 0 heterocycles. The van der Waals surface area contributed by atoms with Crippen LogP contribution in [0.15, 0.2) is 42.5 Å². The second-order valence-electron chi connectivity index (χ2n) is 4.17. The van der Waals surface area contributed by atoms with Gasteiger partial charge in [-0.15, -0.1) is 0 Å². The molecule has 0 aliphatic carbocycles. The minimum Gasteiger partial charge on any atom is -0.380 e. The molecule has 6 heteroatoms. The van der Waals surface area contributed by atoms with Crippen LogP contribution in [0.25, 0.3) is 0 Å². The Balaban J connectivity index is 2.08. The summed E-state index contributed by atoms with van der Waals surface area (Å²) in [6.07, 6.45) is -4.39. The van der Waals surface area contributed by atoms with Crippen LogP contribution >= 0.6 is 23.2 Å². The van der Waals surface area contributed by atoms with Gasteiger partial charge in [-0.1, -0.05) is 35.3 Å². The molecule has 2 rings (SSSR count). The molecule has 0 saturated carbocycles. The normalized spacial score (nSPS) is 11.4. The van der Waals surface area contributed by atoms with Crippen LogP contribution in [-0.4, -0.2) is 0 Å². The van der Waals surface area contributed by atoms with Crippen LogP contribution in [0.2, 0.25) is 10.0 Å². The zero-order chi connectivity index (χ0) is 14.8. The number of benzene rings is 2. The van der Waals surface area contributed by atoms with Crippen LogP contribution in [0.3, 0.4) is 0 Å². The van der Waals surface area contributed by atoms with Crippen molar-refractivity contribution in [3.63, 3.8) is 0 Å². The van der Waals surface area contributed by atoms with Crippen molar-refractivity contribution in [1.29, 1.82) is 0 Å². The summed E-state index contributed by atoms with van der Waals surface area (Å²) in [6, 6.07) is 10.4. The largest absolute Gasteiger partial charge is 0.416 e. The van der Waals surface area contributed by atoms with Gasteiger partial charge in [0.05, 0.1) is 16.3 Å². The fourth-order valence-corrected chi connectivity index (χ4v) is 2.01. The third-order valence-electron chi connectivity index (χ3n) is 2.69. The Morgan fingerprint density at radius 1 is 0.950 bits per heavy atom. The van der Waals surface area contributed by atoms with Crippen LogP contribution in [0.1, 0.15) is 11.1 Å². The fraction of sp³-hybridized carbons (Fsp3) is 0.143. The van der Waals surface area contributed by atoms with Crippen molar-refractivity contribution in [3.8, 4) is 0 Å². The van der Waals surface area contributed by atoms with Crippen molar-refractivity contribution in [3.05, 3.63) is 63.6 Å². The van der Waals surface area contributed by atoms with Gasteiger partial charge in [0, 0.05) is 11.6 Å². The van der Waals surface area contributed by atoms with Crippen LogP contribution < -0.4 is 5.32 Å². The molecule has 106 valence electrons. The van der Waals surface area contributed by atoms with Gasteiger partial charge in [-0.2, -0.15) is 13.2 Å². The summed E-state index contributed by atoms with van der Waals surface area (Å²) in [5, 5.41) is 3.65. The number of nitrogens with one attached hydrogen (secondary N) is 1. The standard InChI is InChI=1S/C14H10Cl2F3N/c15-11-4-1-9(2-5-11)8-20-13-6-3-10(7-12(13)16)14(17,18)19/h1-7,20H,8H2. The molecular weight excluding hydrogens is 310 g/mol. The van der Waals surface area contributed by atoms with Gasteiger partial charge in [-0.3, -0.25) is 0 Å². The number of alkyl halides is 3. The van der Waals surface area contributed by atoms with Crippen molar-refractivity contribution in [2.45, 2.75) is 12.7 Å². The number of anilines is 1. The maximum atomic E-state index is 12.5. The lowest BCUT2D eigenvalue weighted by atomic mass is 10.2. The maximum Gasteiger partial charge on any atom is 0.416 e. The highest BCUT2D eigenvalue weighted by Crippen LogP contribution is 2.33.